The molecule has 0 spiro atoms. The second kappa shape index (κ2) is 9.15. The summed E-state index contributed by atoms with van der Waals surface area (Å²) >= 11 is 0. The van der Waals surface area contributed by atoms with Crippen LogP contribution in [0, 0.1) is 24.8 Å². The van der Waals surface area contributed by atoms with E-state index in [4.69, 9.17) is 6.57 Å². The van der Waals surface area contributed by atoms with Crippen LogP contribution >= 0.6 is 0 Å². The molecule has 0 aromatic heterocycles. The van der Waals surface area contributed by atoms with Crippen molar-refractivity contribution in [2.45, 2.75) is 13.1 Å². The fourth-order valence-corrected chi connectivity index (χ4v) is 2.94. The fraction of sp³-hybridized carbons (Fsp3) is 0.0769. The summed E-state index contributed by atoms with van der Waals surface area (Å²) in [5.41, 5.74) is 3.95. The largest absolute Gasteiger partial charge is 0.416 e. The highest BCUT2D eigenvalue weighted by molar-refractivity contribution is 5.90. The predicted octanol–water partition coefficient (Wildman–Crippen LogP) is 7.50. The standard InChI is InChI=1S/C26H17F3N2/c1-18-3-9-21(10-4-18)23(17-30)15-19-5-7-20(8-6-19)16-25(31-2)22-11-13-24(14-12-22)26(27,28)29/h3-16H,1H3/b23-15+,25-16-. The van der Waals surface area contributed by atoms with Crippen LogP contribution in [0.15, 0.2) is 72.8 Å². The Morgan fingerprint density at radius 2 is 1.35 bits per heavy atom. The van der Waals surface area contributed by atoms with Gasteiger partial charge in [0.1, 0.15) is 0 Å². The number of halogens is 3. The van der Waals surface area contributed by atoms with Gasteiger partial charge < -0.3 is 0 Å². The van der Waals surface area contributed by atoms with Gasteiger partial charge >= 0.3 is 6.18 Å². The van der Waals surface area contributed by atoms with Gasteiger partial charge in [0.15, 0.2) is 5.70 Å². The van der Waals surface area contributed by atoms with Crippen LogP contribution in [-0.2, 0) is 6.18 Å². The molecule has 0 aliphatic heterocycles. The van der Waals surface area contributed by atoms with Crippen molar-refractivity contribution < 1.29 is 13.2 Å². The van der Waals surface area contributed by atoms with Gasteiger partial charge in [-0.1, -0.05) is 78.4 Å². The van der Waals surface area contributed by atoms with Crippen LogP contribution in [0.2, 0.25) is 0 Å². The average molecular weight is 414 g/mol. The number of aryl methyl sites for hydroxylation is 1. The molecular formula is C26H17F3N2. The molecule has 0 aliphatic carbocycles. The minimum Gasteiger partial charge on any atom is -0.238 e. The molecule has 31 heavy (non-hydrogen) atoms. The highest BCUT2D eigenvalue weighted by Gasteiger charge is 2.30. The predicted molar refractivity (Wildman–Crippen MR) is 117 cm³/mol. The number of benzene rings is 3. The first-order chi connectivity index (χ1) is 14.8. The van der Waals surface area contributed by atoms with Crippen molar-refractivity contribution in [3.05, 3.63) is 118 Å². The van der Waals surface area contributed by atoms with Gasteiger partial charge in [-0.3, -0.25) is 0 Å². The smallest absolute Gasteiger partial charge is 0.238 e. The molecule has 0 saturated carbocycles. The molecule has 0 aliphatic rings. The lowest BCUT2D eigenvalue weighted by atomic mass is 10.0. The second-order valence-corrected chi connectivity index (χ2v) is 6.92. The molecule has 0 saturated heterocycles. The molecule has 0 amide bonds. The molecule has 5 heteroatoms. The van der Waals surface area contributed by atoms with Gasteiger partial charge in [0, 0.05) is 0 Å². The van der Waals surface area contributed by atoms with Crippen LogP contribution in [0.1, 0.15) is 33.4 Å². The van der Waals surface area contributed by atoms with Gasteiger partial charge in [0.2, 0.25) is 0 Å². The summed E-state index contributed by atoms with van der Waals surface area (Å²) in [6.07, 6.45) is -1.01. The van der Waals surface area contributed by atoms with Gasteiger partial charge in [-0.15, -0.1) is 0 Å². The Labute approximate surface area is 179 Å². The van der Waals surface area contributed by atoms with Gasteiger partial charge in [0.25, 0.3) is 0 Å². The zero-order valence-corrected chi connectivity index (χ0v) is 16.6. The summed E-state index contributed by atoms with van der Waals surface area (Å²) in [7, 11) is 0. The van der Waals surface area contributed by atoms with Crippen LogP contribution in [0.3, 0.4) is 0 Å². The SMILES string of the molecule is [C-]#[N+]/C(=C\c1ccc(/C=C(\C#N)c2ccc(C)cc2)cc1)c1ccc(C(F)(F)F)cc1. The Balaban J connectivity index is 1.84. The van der Waals surface area contributed by atoms with Gasteiger partial charge in [0.05, 0.1) is 23.8 Å². The first-order valence-electron chi connectivity index (χ1n) is 9.36. The number of nitriles is 1. The highest BCUT2D eigenvalue weighted by Crippen LogP contribution is 2.30. The summed E-state index contributed by atoms with van der Waals surface area (Å²) < 4.78 is 38.2. The average Bonchev–Trinajstić information content (AvgIpc) is 2.77. The lowest BCUT2D eigenvalue weighted by Gasteiger charge is -2.07. The number of hydrogen-bond donors (Lipinski definition) is 0. The van der Waals surface area contributed by atoms with E-state index in [9.17, 15) is 18.4 Å². The molecule has 0 atom stereocenters. The minimum absolute atomic E-state index is 0.245. The molecule has 3 aromatic rings. The van der Waals surface area contributed by atoms with Crippen LogP contribution in [0.4, 0.5) is 13.2 Å². The van der Waals surface area contributed by atoms with E-state index < -0.39 is 11.7 Å². The summed E-state index contributed by atoms with van der Waals surface area (Å²) in [4.78, 5) is 3.45. The normalized spacial score (nSPS) is 12.2. The quantitative estimate of drug-likeness (QED) is 0.247. The van der Waals surface area contributed by atoms with Crippen molar-refractivity contribution in [2.24, 2.45) is 0 Å². The Kier molecular flexibility index (Phi) is 6.38. The van der Waals surface area contributed by atoms with E-state index in [1.54, 1.807) is 24.3 Å². The van der Waals surface area contributed by atoms with E-state index in [2.05, 4.69) is 10.9 Å². The first kappa shape index (κ1) is 21.6. The molecule has 2 nitrogen and oxygen atoms in total. The maximum atomic E-state index is 12.7. The number of allylic oxidation sites excluding steroid dienone is 1. The maximum Gasteiger partial charge on any atom is 0.416 e. The van der Waals surface area contributed by atoms with Crippen molar-refractivity contribution >= 4 is 23.4 Å². The summed E-state index contributed by atoms with van der Waals surface area (Å²) in [5, 5.41) is 9.48. The Hall–Kier alpha value is -4.09. The molecule has 0 radical (unpaired) electrons. The molecule has 0 fully saturated rings. The van der Waals surface area contributed by atoms with Crippen molar-refractivity contribution in [1.82, 2.24) is 0 Å². The van der Waals surface area contributed by atoms with Crippen LogP contribution < -0.4 is 0 Å². The molecule has 0 unspecified atom stereocenters. The van der Waals surface area contributed by atoms with E-state index in [0.717, 1.165) is 34.4 Å². The highest BCUT2D eigenvalue weighted by atomic mass is 19.4. The first-order valence-corrected chi connectivity index (χ1v) is 9.36. The Morgan fingerprint density at radius 3 is 1.84 bits per heavy atom. The molecular weight excluding hydrogens is 397 g/mol. The number of hydrogen-bond acceptors (Lipinski definition) is 1. The third-order valence-corrected chi connectivity index (χ3v) is 4.66. The fourth-order valence-electron chi connectivity index (χ4n) is 2.94. The molecule has 0 heterocycles. The topological polar surface area (TPSA) is 28.1 Å². The lowest BCUT2D eigenvalue weighted by Crippen LogP contribution is -2.04. The van der Waals surface area contributed by atoms with E-state index in [0.29, 0.717) is 11.1 Å². The Morgan fingerprint density at radius 1 is 0.839 bits per heavy atom. The van der Waals surface area contributed by atoms with E-state index in [1.165, 1.54) is 12.1 Å². The number of rotatable bonds is 4. The van der Waals surface area contributed by atoms with Gasteiger partial charge in [-0.2, -0.15) is 18.4 Å². The van der Waals surface area contributed by atoms with Gasteiger partial charge in [-0.25, -0.2) is 4.85 Å². The van der Waals surface area contributed by atoms with Crippen LogP contribution in [0.25, 0.3) is 28.3 Å². The van der Waals surface area contributed by atoms with Crippen molar-refractivity contribution in [2.75, 3.05) is 0 Å². The third kappa shape index (κ3) is 5.50. The van der Waals surface area contributed by atoms with Crippen molar-refractivity contribution in [3.8, 4) is 6.07 Å². The lowest BCUT2D eigenvalue weighted by molar-refractivity contribution is -0.137. The minimum atomic E-state index is -4.41. The second-order valence-electron chi connectivity index (χ2n) is 6.92. The Bertz CT molecular complexity index is 1200. The zero-order chi connectivity index (χ0) is 22.4. The zero-order valence-electron chi connectivity index (χ0n) is 16.6. The van der Waals surface area contributed by atoms with Gasteiger partial charge in [-0.05, 0) is 41.3 Å². The third-order valence-electron chi connectivity index (χ3n) is 4.66. The van der Waals surface area contributed by atoms with Crippen LogP contribution in [0.5, 0.6) is 0 Å². The van der Waals surface area contributed by atoms with E-state index >= 15 is 0 Å². The summed E-state index contributed by atoms with van der Waals surface area (Å²) in [5.74, 6) is 0. The van der Waals surface area contributed by atoms with Crippen molar-refractivity contribution in [3.63, 3.8) is 0 Å². The molecule has 3 aromatic carbocycles. The van der Waals surface area contributed by atoms with Crippen molar-refractivity contribution in [1.29, 1.82) is 5.26 Å². The summed E-state index contributed by atoms with van der Waals surface area (Å²) in [6.45, 7) is 9.36. The van der Waals surface area contributed by atoms with E-state index in [-0.39, 0.29) is 5.70 Å². The van der Waals surface area contributed by atoms with Crippen LogP contribution in [-0.4, -0.2) is 0 Å². The summed E-state index contributed by atoms with van der Waals surface area (Å²) in [6, 6.07) is 21.7. The molecule has 3 rings (SSSR count). The molecule has 0 N–H and O–H groups in total. The monoisotopic (exact) mass is 414 g/mol. The van der Waals surface area contributed by atoms with E-state index in [1.807, 2.05) is 43.3 Å². The number of nitrogens with zero attached hydrogens (tertiary/aromatic N) is 2. The molecule has 152 valence electrons. The maximum absolute atomic E-state index is 12.7. The molecule has 0 bridgehead atoms. The number of alkyl halides is 3.